The number of halogens is 1. The van der Waals surface area contributed by atoms with E-state index in [1.165, 1.54) is 31.9 Å². The monoisotopic (exact) mass is 267 g/mol. The van der Waals surface area contributed by atoms with E-state index in [1.807, 2.05) is 0 Å². The molecule has 0 saturated heterocycles. The molecular formula is C13H18ClN3O. The third kappa shape index (κ3) is 3.35. The summed E-state index contributed by atoms with van der Waals surface area (Å²) in [5, 5.41) is 3.07. The van der Waals surface area contributed by atoms with Crippen LogP contribution in [0.1, 0.15) is 42.5 Å². The molecule has 4 nitrogen and oxygen atoms in total. The van der Waals surface area contributed by atoms with Gasteiger partial charge in [-0.2, -0.15) is 0 Å². The number of nitrogens with one attached hydrogen (secondary N) is 1. The van der Waals surface area contributed by atoms with Gasteiger partial charge in [0, 0.05) is 6.54 Å². The van der Waals surface area contributed by atoms with Crippen LogP contribution in [0, 0.1) is 5.92 Å². The van der Waals surface area contributed by atoms with Gasteiger partial charge in [-0.15, -0.1) is 0 Å². The minimum Gasteiger partial charge on any atom is -0.397 e. The normalized spacial score (nSPS) is 15.8. The second kappa shape index (κ2) is 6.05. The predicted octanol–water partition coefficient (Wildman–Crippen LogP) is 2.63. The molecule has 1 saturated carbocycles. The smallest absolute Gasteiger partial charge is 0.254 e. The molecule has 2 rings (SSSR count). The summed E-state index contributed by atoms with van der Waals surface area (Å²) < 4.78 is 0. The highest BCUT2D eigenvalue weighted by molar-refractivity contribution is 6.32. The van der Waals surface area contributed by atoms with Gasteiger partial charge in [-0.3, -0.25) is 4.79 Å². The van der Waals surface area contributed by atoms with Gasteiger partial charge in [-0.05, 0) is 18.4 Å². The Labute approximate surface area is 112 Å². The lowest BCUT2D eigenvalue weighted by atomic mass is 10.0. The highest BCUT2D eigenvalue weighted by Crippen LogP contribution is 2.27. The third-order valence-electron chi connectivity index (χ3n) is 3.42. The fourth-order valence-electron chi connectivity index (χ4n) is 2.41. The number of rotatable bonds is 4. The fourth-order valence-corrected chi connectivity index (χ4v) is 2.60. The molecule has 18 heavy (non-hydrogen) atoms. The van der Waals surface area contributed by atoms with Crippen molar-refractivity contribution in [3.63, 3.8) is 0 Å². The van der Waals surface area contributed by atoms with Crippen LogP contribution in [0.25, 0.3) is 0 Å². The summed E-state index contributed by atoms with van der Waals surface area (Å²) in [6.07, 6.45) is 7.71. The lowest BCUT2D eigenvalue weighted by molar-refractivity contribution is 0.0951. The number of aromatic nitrogens is 1. The Bertz CT molecular complexity index is 430. The SMILES string of the molecule is Nc1cnc(Cl)c(C(=O)NCCC2CCCC2)c1. The number of hydrogen-bond donors (Lipinski definition) is 2. The zero-order valence-corrected chi connectivity index (χ0v) is 11.0. The summed E-state index contributed by atoms with van der Waals surface area (Å²) in [5.41, 5.74) is 6.39. The van der Waals surface area contributed by atoms with Gasteiger partial charge in [0.05, 0.1) is 17.4 Å². The molecule has 0 atom stereocenters. The molecule has 1 heterocycles. The molecule has 1 aromatic heterocycles. The van der Waals surface area contributed by atoms with Gasteiger partial charge in [0.2, 0.25) is 0 Å². The summed E-state index contributed by atoms with van der Waals surface area (Å²) in [6, 6.07) is 1.56. The van der Waals surface area contributed by atoms with Gasteiger partial charge in [-0.25, -0.2) is 4.98 Å². The summed E-state index contributed by atoms with van der Waals surface area (Å²) in [7, 11) is 0. The Kier molecular flexibility index (Phi) is 4.42. The molecule has 0 spiro atoms. The van der Waals surface area contributed by atoms with Crippen LogP contribution >= 0.6 is 11.6 Å². The molecule has 1 aliphatic carbocycles. The van der Waals surface area contributed by atoms with E-state index in [1.54, 1.807) is 6.07 Å². The molecule has 0 unspecified atom stereocenters. The number of amides is 1. The summed E-state index contributed by atoms with van der Waals surface area (Å²) in [5.74, 6) is 0.567. The zero-order valence-electron chi connectivity index (χ0n) is 10.3. The maximum Gasteiger partial charge on any atom is 0.254 e. The molecule has 0 radical (unpaired) electrons. The Morgan fingerprint density at radius 2 is 2.22 bits per heavy atom. The van der Waals surface area contributed by atoms with E-state index in [4.69, 9.17) is 17.3 Å². The van der Waals surface area contributed by atoms with E-state index < -0.39 is 0 Å². The van der Waals surface area contributed by atoms with Crippen molar-refractivity contribution in [2.45, 2.75) is 32.1 Å². The highest BCUT2D eigenvalue weighted by atomic mass is 35.5. The van der Waals surface area contributed by atoms with Crippen LogP contribution in [0.5, 0.6) is 0 Å². The first kappa shape index (κ1) is 13.1. The van der Waals surface area contributed by atoms with Crippen molar-refractivity contribution in [2.24, 2.45) is 5.92 Å². The first-order chi connectivity index (χ1) is 8.66. The molecule has 3 N–H and O–H groups in total. The van der Waals surface area contributed by atoms with Crippen molar-refractivity contribution in [3.8, 4) is 0 Å². The summed E-state index contributed by atoms with van der Waals surface area (Å²) >= 11 is 5.87. The average Bonchev–Trinajstić information content (AvgIpc) is 2.85. The van der Waals surface area contributed by atoms with E-state index in [9.17, 15) is 4.79 Å². The van der Waals surface area contributed by atoms with Gasteiger partial charge >= 0.3 is 0 Å². The minimum atomic E-state index is -0.196. The zero-order chi connectivity index (χ0) is 13.0. The molecule has 1 amide bonds. The van der Waals surface area contributed by atoms with Gasteiger partial charge < -0.3 is 11.1 Å². The van der Waals surface area contributed by atoms with Gasteiger partial charge in [-0.1, -0.05) is 37.3 Å². The minimum absolute atomic E-state index is 0.196. The molecule has 0 aromatic carbocycles. The predicted molar refractivity (Wildman–Crippen MR) is 72.6 cm³/mol. The number of hydrogen-bond acceptors (Lipinski definition) is 3. The largest absolute Gasteiger partial charge is 0.397 e. The van der Waals surface area contributed by atoms with Gasteiger partial charge in [0.1, 0.15) is 5.15 Å². The molecular weight excluding hydrogens is 250 g/mol. The quantitative estimate of drug-likeness (QED) is 0.824. The first-order valence-electron chi connectivity index (χ1n) is 6.36. The Morgan fingerprint density at radius 3 is 2.94 bits per heavy atom. The number of anilines is 1. The van der Waals surface area contributed by atoms with Crippen LogP contribution in [0.4, 0.5) is 5.69 Å². The molecule has 5 heteroatoms. The lowest BCUT2D eigenvalue weighted by Crippen LogP contribution is -2.26. The second-order valence-corrected chi connectivity index (χ2v) is 5.16. The van der Waals surface area contributed by atoms with Crippen molar-refractivity contribution >= 4 is 23.2 Å². The molecule has 0 aliphatic heterocycles. The van der Waals surface area contributed by atoms with Gasteiger partial charge in [0.25, 0.3) is 5.91 Å². The van der Waals surface area contributed by atoms with Crippen molar-refractivity contribution < 1.29 is 4.79 Å². The van der Waals surface area contributed by atoms with Crippen LogP contribution < -0.4 is 11.1 Å². The maximum atomic E-state index is 11.9. The molecule has 98 valence electrons. The number of carbonyl (C=O) groups excluding carboxylic acids is 1. The Balaban J connectivity index is 1.85. The molecule has 1 aliphatic rings. The number of pyridine rings is 1. The highest BCUT2D eigenvalue weighted by Gasteiger charge is 2.16. The fraction of sp³-hybridized carbons (Fsp3) is 0.538. The van der Waals surface area contributed by atoms with Crippen LogP contribution in [0.15, 0.2) is 12.3 Å². The number of carbonyl (C=O) groups is 1. The summed E-state index contributed by atoms with van der Waals surface area (Å²) in [4.78, 5) is 15.8. The maximum absolute atomic E-state index is 11.9. The summed E-state index contributed by atoms with van der Waals surface area (Å²) in [6.45, 7) is 0.689. The van der Waals surface area contributed by atoms with E-state index in [-0.39, 0.29) is 11.1 Å². The number of nitrogens with two attached hydrogens (primary N) is 1. The van der Waals surface area contributed by atoms with E-state index in [0.717, 1.165) is 12.3 Å². The van der Waals surface area contributed by atoms with Crippen LogP contribution in [-0.2, 0) is 0 Å². The van der Waals surface area contributed by atoms with Gasteiger partial charge in [0.15, 0.2) is 0 Å². The van der Waals surface area contributed by atoms with Crippen LogP contribution in [-0.4, -0.2) is 17.4 Å². The number of nitrogens with zero attached hydrogens (tertiary/aromatic N) is 1. The Morgan fingerprint density at radius 1 is 1.50 bits per heavy atom. The van der Waals surface area contributed by atoms with Crippen molar-refractivity contribution in [1.82, 2.24) is 10.3 Å². The molecule has 0 bridgehead atoms. The first-order valence-corrected chi connectivity index (χ1v) is 6.74. The Hall–Kier alpha value is -1.29. The third-order valence-corrected chi connectivity index (χ3v) is 3.72. The average molecular weight is 268 g/mol. The van der Waals surface area contributed by atoms with E-state index in [0.29, 0.717) is 17.8 Å². The van der Waals surface area contributed by atoms with Crippen LogP contribution in [0.3, 0.4) is 0 Å². The van der Waals surface area contributed by atoms with E-state index in [2.05, 4.69) is 10.3 Å². The number of nitrogen functional groups attached to an aromatic ring is 1. The van der Waals surface area contributed by atoms with Crippen molar-refractivity contribution in [3.05, 3.63) is 23.0 Å². The topological polar surface area (TPSA) is 68.0 Å². The molecule has 1 aromatic rings. The van der Waals surface area contributed by atoms with Crippen LogP contribution in [0.2, 0.25) is 5.15 Å². The van der Waals surface area contributed by atoms with Crippen molar-refractivity contribution in [2.75, 3.05) is 12.3 Å². The lowest BCUT2D eigenvalue weighted by Gasteiger charge is -2.10. The standard InChI is InChI=1S/C13H18ClN3O/c14-12-11(7-10(15)8-17-12)13(18)16-6-5-9-3-1-2-4-9/h7-9H,1-6,15H2,(H,16,18). The second-order valence-electron chi connectivity index (χ2n) is 4.80. The van der Waals surface area contributed by atoms with Crippen molar-refractivity contribution in [1.29, 1.82) is 0 Å². The van der Waals surface area contributed by atoms with E-state index >= 15 is 0 Å². The molecule has 1 fully saturated rings.